The summed E-state index contributed by atoms with van der Waals surface area (Å²) in [5, 5.41) is 2.34. The van der Waals surface area contributed by atoms with Gasteiger partial charge in [0, 0.05) is 26.2 Å². The van der Waals surface area contributed by atoms with Crippen LogP contribution in [0.3, 0.4) is 0 Å². The molecule has 2 aliphatic heterocycles. The Hall–Kier alpha value is -0.0800. The monoisotopic (exact) mass is 281 g/mol. The number of ether oxygens (including phenoxy) is 1. The highest BCUT2D eigenvalue weighted by molar-refractivity contribution is 6.30. The van der Waals surface area contributed by atoms with Crippen molar-refractivity contribution in [1.82, 2.24) is 25.5 Å². The van der Waals surface area contributed by atoms with E-state index in [0.29, 0.717) is 11.6 Å². The van der Waals surface area contributed by atoms with Gasteiger partial charge in [-0.3, -0.25) is 4.90 Å². The first-order chi connectivity index (χ1) is 8.24. The van der Waals surface area contributed by atoms with Crippen molar-refractivity contribution >= 4 is 23.4 Å². The first-order valence-corrected chi connectivity index (χ1v) is 6.34. The van der Waals surface area contributed by atoms with Gasteiger partial charge in [0.2, 0.25) is 0 Å². The van der Waals surface area contributed by atoms with E-state index >= 15 is 0 Å². The van der Waals surface area contributed by atoms with E-state index < -0.39 is 0 Å². The first kappa shape index (κ1) is 13.4. The normalized spacial score (nSPS) is 23.9. The maximum atomic E-state index is 5.92. The molecule has 2 aliphatic rings. The van der Waals surface area contributed by atoms with Crippen LogP contribution in [0.25, 0.3) is 0 Å². The number of morpholine rings is 1. The third-order valence-corrected chi connectivity index (χ3v) is 3.00. The van der Waals surface area contributed by atoms with Gasteiger partial charge >= 0.3 is 0 Å². The van der Waals surface area contributed by atoms with Gasteiger partial charge in [0.15, 0.2) is 0 Å². The van der Waals surface area contributed by atoms with Gasteiger partial charge in [-0.1, -0.05) is 11.6 Å². The fourth-order valence-corrected chi connectivity index (χ4v) is 2.22. The molecule has 0 aromatic rings. The second-order valence-corrected chi connectivity index (χ2v) is 4.82. The van der Waals surface area contributed by atoms with Crippen LogP contribution < -0.4 is 11.0 Å². The predicted molar refractivity (Wildman–Crippen MR) is 66.7 cm³/mol. The quantitative estimate of drug-likeness (QED) is 0.713. The van der Waals surface area contributed by atoms with Crippen LogP contribution in [0.4, 0.5) is 0 Å². The smallest absolute Gasteiger partial charge is 0.0688 e. The predicted octanol–water partition coefficient (Wildman–Crippen LogP) is 0.0944. The SMILES string of the molecule is ClC1=CN(NCCN2CCOCC2)NN(Cl)C1. The number of hydrogen-bond acceptors (Lipinski definition) is 6. The summed E-state index contributed by atoms with van der Waals surface area (Å²) in [6, 6.07) is 0. The molecule has 0 radical (unpaired) electrons. The molecule has 1 saturated heterocycles. The zero-order chi connectivity index (χ0) is 12.1. The van der Waals surface area contributed by atoms with Crippen LogP contribution >= 0.6 is 23.4 Å². The topological polar surface area (TPSA) is 43.0 Å². The van der Waals surface area contributed by atoms with Crippen LogP contribution in [0.15, 0.2) is 11.2 Å². The Morgan fingerprint density at radius 1 is 1.41 bits per heavy atom. The van der Waals surface area contributed by atoms with Gasteiger partial charge in [-0.15, -0.1) is 10.1 Å². The standard InChI is InChI=1S/C9H17Cl2N5O/c10-9-7-15(11)13-16(8-9)12-1-2-14-3-5-17-6-4-14/h8,12-13H,1-7H2. The van der Waals surface area contributed by atoms with E-state index in [2.05, 4.69) is 15.9 Å². The van der Waals surface area contributed by atoms with E-state index in [-0.39, 0.29) is 0 Å². The maximum absolute atomic E-state index is 5.92. The minimum atomic E-state index is 0.491. The van der Waals surface area contributed by atoms with Gasteiger partial charge in [-0.25, -0.2) is 10.5 Å². The number of rotatable bonds is 4. The Labute approximate surface area is 111 Å². The molecule has 6 nitrogen and oxygen atoms in total. The van der Waals surface area contributed by atoms with E-state index in [0.717, 1.165) is 39.4 Å². The van der Waals surface area contributed by atoms with E-state index in [1.165, 1.54) is 4.53 Å². The molecule has 0 aromatic carbocycles. The van der Waals surface area contributed by atoms with Crippen LogP contribution in [0.5, 0.6) is 0 Å². The summed E-state index contributed by atoms with van der Waals surface area (Å²) in [7, 11) is 0. The van der Waals surface area contributed by atoms with Crippen molar-refractivity contribution in [3.8, 4) is 0 Å². The third kappa shape index (κ3) is 4.59. The summed E-state index contributed by atoms with van der Waals surface area (Å²) >= 11 is 11.7. The second kappa shape index (κ2) is 6.75. The third-order valence-electron chi connectivity index (χ3n) is 2.59. The van der Waals surface area contributed by atoms with Gasteiger partial charge in [0.05, 0.1) is 31.0 Å². The lowest BCUT2D eigenvalue weighted by atomic mass is 10.4. The highest BCUT2D eigenvalue weighted by atomic mass is 35.5. The Bertz CT molecular complexity index is 272. The highest BCUT2D eigenvalue weighted by Gasteiger charge is 2.14. The van der Waals surface area contributed by atoms with Crippen molar-refractivity contribution in [2.24, 2.45) is 0 Å². The largest absolute Gasteiger partial charge is 0.379 e. The molecule has 2 heterocycles. The van der Waals surface area contributed by atoms with Gasteiger partial charge in [-0.05, 0) is 11.8 Å². The molecule has 1 fully saturated rings. The minimum absolute atomic E-state index is 0.491. The fourth-order valence-electron chi connectivity index (χ4n) is 1.73. The average molecular weight is 282 g/mol. The molecule has 0 aromatic heterocycles. The maximum Gasteiger partial charge on any atom is 0.0688 e. The van der Waals surface area contributed by atoms with Crippen LogP contribution in [0.1, 0.15) is 0 Å². The van der Waals surface area contributed by atoms with Crippen LogP contribution in [0.2, 0.25) is 0 Å². The number of nitrogens with one attached hydrogen (secondary N) is 2. The van der Waals surface area contributed by atoms with Crippen LogP contribution in [0, 0.1) is 0 Å². The summed E-state index contributed by atoms with van der Waals surface area (Å²) in [6.07, 6.45) is 1.78. The average Bonchev–Trinajstić information content (AvgIpc) is 2.29. The van der Waals surface area contributed by atoms with Gasteiger partial charge in [0.25, 0.3) is 0 Å². The fraction of sp³-hybridized carbons (Fsp3) is 0.778. The molecular formula is C9H17Cl2N5O. The van der Waals surface area contributed by atoms with E-state index in [4.69, 9.17) is 28.1 Å². The first-order valence-electron chi connectivity index (χ1n) is 5.63. The summed E-state index contributed by atoms with van der Waals surface area (Å²) in [5.41, 5.74) is 6.08. The lowest BCUT2D eigenvalue weighted by molar-refractivity contribution is 0.0295. The summed E-state index contributed by atoms with van der Waals surface area (Å²) in [5.74, 6) is 0. The molecule has 0 bridgehead atoms. The van der Waals surface area contributed by atoms with E-state index in [9.17, 15) is 0 Å². The van der Waals surface area contributed by atoms with E-state index in [1.54, 1.807) is 11.3 Å². The zero-order valence-corrected chi connectivity index (χ0v) is 11.0. The Balaban J connectivity index is 1.65. The van der Waals surface area contributed by atoms with E-state index in [1.807, 2.05) is 0 Å². The van der Waals surface area contributed by atoms with Crippen molar-refractivity contribution < 1.29 is 4.74 Å². The molecule has 0 amide bonds. The molecule has 0 spiro atoms. The Morgan fingerprint density at radius 3 is 2.88 bits per heavy atom. The number of halogens is 2. The van der Waals surface area contributed by atoms with Crippen molar-refractivity contribution in [3.63, 3.8) is 0 Å². The molecule has 0 unspecified atom stereocenters. The molecule has 0 saturated carbocycles. The van der Waals surface area contributed by atoms with Crippen molar-refractivity contribution in [3.05, 3.63) is 11.2 Å². The molecule has 17 heavy (non-hydrogen) atoms. The number of nitrogens with zero attached hydrogens (tertiary/aromatic N) is 3. The molecule has 2 N–H and O–H groups in total. The Morgan fingerprint density at radius 2 is 2.18 bits per heavy atom. The molecule has 0 aliphatic carbocycles. The van der Waals surface area contributed by atoms with Crippen molar-refractivity contribution in [2.75, 3.05) is 45.9 Å². The minimum Gasteiger partial charge on any atom is -0.379 e. The Kier molecular flexibility index (Phi) is 5.30. The van der Waals surface area contributed by atoms with Gasteiger partial charge < -0.3 is 4.74 Å². The van der Waals surface area contributed by atoms with Gasteiger partial charge in [-0.2, -0.15) is 0 Å². The molecule has 98 valence electrons. The molecule has 2 rings (SSSR count). The molecule has 8 heteroatoms. The number of hydrazine groups is 3. The molecule has 0 atom stereocenters. The van der Waals surface area contributed by atoms with Gasteiger partial charge in [0.1, 0.15) is 0 Å². The summed E-state index contributed by atoms with van der Waals surface area (Å²) in [4.78, 5) is 2.35. The lowest BCUT2D eigenvalue weighted by Gasteiger charge is -2.32. The summed E-state index contributed by atoms with van der Waals surface area (Å²) in [6.45, 7) is 5.91. The van der Waals surface area contributed by atoms with Crippen molar-refractivity contribution in [1.29, 1.82) is 0 Å². The molecular weight excluding hydrogens is 265 g/mol. The zero-order valence-electron chi connectivity index (χ0n) is 9.53. The second-order valence-electron chi connectivity index (χ2n) is 3.93. The number of hydrogen-bond donors (Lipinski definition) is 2. The highest BCUT2D eigenvalue weighted by Crippen LogP contribution is 2.10. The summed E-state index contributed by atoms with van der Waals surface area (Å²) < 4.78 is 6.68. The van der Waals surface area contributed by atoms with Crippen LogP contribution in [-0.4, -0.2) is 60.5 Å². The van der Waals surface area contributed by atoms with Crippen LogP contribution in [-0.2, 0) is 4.74 Å². The lowest BCUT2D eigenvalue weighted by Crippen LogP contribution is -2.54. The van der Waals surface area contributed by atoms with Crippen molar-refractivity contribution in [2.45, 2.75) is 0 Å².